The molecule has 0 fully saturated rings. The van der Waals surface area contributed by atoms with E-state index in [2.05, 4.69) is 9.84 Å². The number of carboxylic acid groups (broad SMARTS) is 1. The Morgan fingerprint density at radius 1 is 1.27 bits per heavy atom. The number of nitrogens with zero attached hydrogens (tertiary/aromatic N) is 2. The average molecular weight is 314 g/mol. The number of aromatic nitrogens is 2. The molecule has 22 heavy (non-hydrogen) atoms. The Morgan fingerprint density at radius 3 is 2.50 bits per heavy atom. The van der Waals surface area contributed by atoms with Gasteiger partial charge in [-0.2, -0.15) is 5.10 Å². The number of carbonyl (C=O) groups is 1. The molecule has 0 atom stereocenters. The van der Waals surface area contributed by atoms with Crippen LogP contribution in [-0.2, 0) is 10.3 Å². The third-order valence-corrected chi connectivity index (χ3v) is 3.10. The number of alkyl halides is 3. The molecular formula is C14H13F3N2O3. The molecule has 1 aromatic carbocycles. The zero-order valence-electron chi connectivity index (χ0n) is 11.8. The summed E-state index contributed by atoms with van der Waals surface area (Å²) in [6.07, 6.45) is -2.15. The van der Waals surface area contributed by atoms with Crippen molar-refractivity contribution in [3.8, 4) is 16.9 Å². The van der Waals surface area contributed by atoms with E-state index in [0.717, 1.165) is 0 Å². The topological polar surface area (TPSA) is 64.3 Å². The molecule has 0 saturated carbocycles. The van der Waals surface area contributed by atoms with Gasteiger partial charge < -0.3 is 9.84 Å². The predicted octanol–water partition coefficient (Wildman–Crippen LogP) is 3.27. The molecule has 5 nitrogen and oxygen atoms in total. The second kappa shape index (κ2) is 5.36. The van der Waals surface area contributed by atoms with Crippen LogP contribution in [0.15, 0.2) is 36.7 Å². The zero-order valence-corrected chi connectivity index (χ0v) is 11.8. The highest BCUT2D eigenvalue weighted by Crippen LogP contribution is 2.34. The minimum atomic E-state index is -4.81. The Labute approximate surface area is 123 Å². The minimum absolute atomic E-state index is 0.173. The highest BCUT2D eigenvalue weighted by atomic mass is 19.4. The van der Waals surface area contributed by atoms with Crippen molar-refractivity contribution < 1.29 is 27.8 Å². The van der Waals surface area contributed by atoms with Crippen molar-refractivity contribution in [3.63, 3.8) is 0 Å². The lowest BCUT2D eigenvalue weighted by Gasteiger charge is -2.19. The predicted molar refractivity (Wildman–Crippen MR) is 71.3 cm³/mol. The first-order chi connectivity index (χ1) is 10.1. The number of carboxylic acids is 1. The Hall–Kier alpha value is -2.51. The van der Waals surface area contributed by atoms with Gasteiger partial charge in [0.1, 0.15) is 5.75 Å². The van der Waals surface area contributed by atoms with Gasteiger partial charge in [0.15, 0.2) is 5.54 Å². The van der Waals surface area contributed by atoms with E-state index in [0.29, 0.717) is 5.56 Å². The molecule has 0 bridgehead atoms. The molecule has 2 rings (SSSR count). The number of aliphatic carboxylic acids is 1. The Kier molecular flexibility index (Phi) is 3.87. The van der Waals surface area contributed by atoms with Crippen molar-refractivity contribution in [3.05, 3.63) is 36.7 Å². The van der Waals surface area contributed by atoms with Crippen molar-refractivity contribution in [1.82, 2.24) is 9.78 Å². The second-order valence-electron chi connectivity index (χ2n) is 5.08. The van der Waals surface area contributed by atoms with E-state index in [4.69, 9.17) is 5.11 Å². The summed E-state index contributed by atoms with van der Waals surface area (Å²) in [5.74, 6) is -1.48. The fourth-order valence-corrected chi connectivity index (χ4v) is 1.78. The molecule has 2 aromatic rings. The van der Waals surface area contributed by atoms with Gasteiger partial charge in [0.2, 0.25) is 0 Å². The van der Waals surface area contributed by atoms with Gasteiger partial charge in [-0.25, -0.2) is 4.79 Å². The third kappa shape index (κ3) is 3.21. The quantitative estimate of drug-likeness (QED) is 0.940. The zero-order chi connectivity index (χ0) is 16.5. The van der Waals surface area contributed by atoms with Crippen LogP contribution in [0.25, 0.3) is 11.1 Å². The molecule has 0 amide bonds. The number of rotatable bonds is 4. The Balaban J connectivity index is 2.42. The summed E-state index contributed by atoms with van der Waals surface area (Å²) < 4.78 is 42.4. The molecule has 8 heteroatoms. The monoisotopic (exact) mass is 314 g/mol. The molecule has 0 aliphatic rings. The van der Waals surface area contributed by atoms with E-state index in [1.54, 1.807) is 6.07 Å². The van der Waals surface area contributed by atoms with Crippen LogP contribution in [0.3, 0.4) is 0 Å². The van der Waals surface area contributed by atoms with E-state index in [-0.39, 0.29) is 11.3 Å². The van der Waals surface area contributed by atoms with E-state index in [1.807, 2.05) is 0 Å². The number of hydrogen-bond acceptors (Lipinski definition) is 3. The van der Waals surface area contributed by atoms with Gasteiger partial charge >= 0.3 is 12.3 Å². The molecule has 1 heterocycles. The summed E-state index contributed by atoms with van der Waals surface area (Å²) in [6, 6.07) is 5.59. The summed E-state index contributed by atoms with van der Waals surface area (Å²) in [6.45, 7) is 2.87. The number of para-hydroxylation sites is 1. The van der Waals surface area contributed by atoms with Gasteiger partial charge in [0.25, 0.3) is 0 Å². The standard InChI is InChI=1S/C14H13F3N2O3/c1-13(2,12(20)21)19-8-9(7-18-19)10-5-3-4-6-11(10)22-14(15,16)17/h3-8H,1-2H3,(H,20,21). The van der Waals surface area contributed by atoms with E-state index >= 15 is 0 Å². The van der Waals surface area contributed by atoms with Crippen LogP contribution in [0, 0.1) is 0 Å². The van der Waals surface area contributed by atoms with Crippen LogP contribution in [0.4, 0.5) is 13.2 Å². The summed E-state index contributed by atoms with van der Waals surface area (Å²) >= 11 is 0. The average Bonchev–Trinajstić information content (AvgIpc) is 2.87. The maximum atomic E-state index is 12.4. The van der Waals surface area contributed by atoms with Gasteiger partial charge in [-0.05, 0) is 19.9 Å². The lowest BCUT2D eigenvalue weighted by atomic mass is 10.1. The Bertz CT molecular complexity index is 693. The van der Waals surface area contributed by atoms with Crippen LogP contribution in [0.5, 0.6) is 5.75 Å². The highest BCUT2D eigenvalue weighted by Gasteiger charge is 2.33. The van der Waals surface area contributed by atoms with Gasteiger partial charge in [-0.1, -0.05) is 18.2 Å². The van der Waals surface area contributed by atoms with E-state index in [9.17, 15) is 18.0 Å². The molecule has 1 N–H and O–H groups in total. The largest absolute Gasteiger partial charge is 0.573 e. The molecule has 0 unspecified atom stereocenters. The smallest absolute Gasteiger partial charge is 0.479 e. The first-order valence-electron chi connectivity index (χ1n) is 6.25. The van der Waals surface area contributed by atoms with Crippen LogP contribution < -0.4 is 4.74 Å². The fraction of sp³-hybridized carbons (Fsp3) is 0.286. The SMILES string of the molecule is CC(C)(C(=O)O)n1cc(-c2ccccc2OC(F)(F)F)cn1. The molecule has 0 aliphatic carbocycles. The second-order valence-corrected chi connectivity index (χ2v) is 5.08. The van der Waals surface area contributed by atoms with Crippen LogP contribution >= 0.6 is 0 Å². The van der Waals surface area contributed by atoms with Crippen molar-refractivity contribution in [2.24, 2.45) is 0 Å². The van der Waals surface area contributed by atoms with Gasteiger partial charge in [0.05, 0.1) is 6.20 Å². The summed E-state index contributed by atoms with van der Waals surface area (Å²) in [5.41, 5.74) is -0.820. The maximum absolute atomic E-state index is 12.4. The van der Waals surface area contributed by atoms with E-state index in [1.165, 1.54) is 49.1 Å². The van der Waals surface area contributed by atoms with Crippen molar-refractivity contribution >= 4 is 5.97 Å². The summed E-state index contributed by atoms with van der Waals surface area (Å²) in [7, 11) is 0. The number of halogens is 3. The summed E-state index contributed by atoms with van der Waals surface area (Å²) in [5, 5.41) is 13.1. The lowest BCUT2D eigenvalue weighted by molar-refractivity contribution is -0.274. The minimum Gasteiger partial charge on any atom is -0.479 e. The fourth-order valence-electron chi connectivity index (χ4n) is 1.78. The van der Waals surface area contributed by atoms with Crippen LogP contribution in [0.2, 0.25) is 0 Å². The number of benzene rings is 1. The van der Waals surface area contributed by atoms with Crippen LogP contribution in [-0.4, -0.2) is 27.2 Å². The van der Waals surface area contributed by atoms with Crippen molar-refractivity contribution in [1.29, 1.82) is 0 Å². The molecule has 0 aliphatic heterocycles. The lowest BCUT2D eigenvalue weighted by Crippen LogP contribution is -2.35. The van der Waals surface area contributed by atoms with Crippen molar-refractivity contribution in [2.75, 3.05) is 0 Å². The molecular weight excluding hydrogens is 301 g/mol. The van der Waals surface area contributed by atoms with Gasteiger partial charge in [-0.3, -0.25) is 4.68 Å². The highest BCUT2D eigenvalue weighted by molar-refractivity contribution is 5.76. The molecule has 0 saturated heterocycles. The van der Waals surface area contributed by atoms with Crippen molar-refractivity contribution in [2.45, 2.75) is 25.7 Å². The first-order valence-corrected chi connectivity index (χ1v) is 6.25. The summed E-state index contributed by atoms with van der Waals surface area (Å²) in [4.78, 5) is 11.2. The number of ether oxygens (including phenoxy) is 1. The Morgan fingerprint density at radius 2 is 1.91 bits per heavy atom. The molecule has 118 valence electrons. The normalized spacial score (nSPS) is 12.2. The molecule has 0 radical (unpaired) electrons. The molecule has 0 spiro atoms. The third-order valence-electron chi connectivity index (χ3n) is 3.10. The van der Waals surface area contributed by atoms with Crippen LogP contribution in [0.1, 0.15) is 13.8 Å². The maximum Gasteiger partial charge on any atom is 0.573 e. The van der Waals surface area contributed by atoms with Gasteiger partial charge in [-0.15, -0.1) is 13.2 Å². The first kappa shape index (κ1) is 15.9. The van der Waals surface area contributed by atoms with E-state index < -0.39 is 17.9 Å². The number of hydrogen-bond donors (Lipinski definition) is 1. The van der Waals surface area contributed by atoms with Gasteiger partial charge in [0, 0.05) is 17.3 Å². The molecule has 1 aromatic heterocycles.